The monoisotopic (exact) mass is 359 g/mol. The van der Waals surface area contributed by atoms with Gasteiger partial charge in [0.1, 0.15) is 16.7 Å². The molecule has 7 heteroatoms. The summed E-state index contributed by atoms with van der Waals surface area (Å²) in [7, 11) is 0. The van der Waals surface area contributed by atoms with Gasteiger partial charge in [-0.1, -0.05) is 11.8 Å². The quantitative estimate of drug-likeness (QED) is 0.834. The van der Waals surface area contributed by atoms with E-state index in [1.54, 1.807) is 12.3 Å². The standard InChI is InChI=1S/C17H17N3O2S2/c18-16-14(17-19-6-9-23-17)15(21)12(24-16)10-11-4-5-13(22-11)20-7-2-1-3-8-20/h4-6,9-10,14,18H,1-3,7-8H2. The SMILES string of the molecule is N=C1SC(=Cc2ccc(N3CCCCC3)o2)C(=O)C1c1nccs1. The molecule has 0 saturated carbocycles. The fraction of sp³-hybridized carbons (Fsp3) is 0.353. The number of nitrogens with one attached hydrogen (secondary N) is 1. The van der Waals surface area contributed by atoms with Crippen LogP contribution in [0.4, 0.5) is 5.88 Å². The molecule has 1 N–H and O–H groups in total. The van der Waals surface area contributed by atoms with Crippen LogP contribution in [0.25, 0.3) is 6.08 Å². The molecule has 2 aromatic heterocycles. The van der Waals surface area contributed by atoms with Crippen LogP contribution in [0.1, 0.15) is 35.9 Å². The van der Waals surface area contributed by atoms with Gasteiger partial charge < -0.3 is 9.32 Å². The molecule has 2 aliphatic rings. The predicted molar refractivity (Wildman–Crippen MR) is 97.9 cm³/mol. The van der Waals surface area contributed by atoms with Gasteiger partial charge >= 0.3 is 0 Å². The molecule has 0 radical (unpaired) electrons. The van der Waals surface area contributed by atoms with Crippen LogP contribution in [-0.2, 0) is 4.79 Å². The molecule has 0 bridgehead atoms. The van der Waals surface area contributed by atoms with Gasteiger partial charge in [0.25, 0.3) is 0 Å². The summed E-state index contributed by atoms with van der Waals surface area (Å²) >= 11 is 2.62. The summed E-state index contributed by atoms with van der Waals surface area (Å²) in [4.78, 5) is 19.6. The third-order valence-corrected chi connectivity index (χ3v) is 6.07. The highest BCUT2D eigenvalue weighted by molar-refractivity contribution is 8.19. The van der Waals surface area contributed by atoms with Crippen molar-refractivity contribution in [3.63, 3.8) is 0 Å². The van der Waals surface area contributed by atoms with E-state index in [1.165, 1.54) is 42.4 Å². The summed E-state index contributed by atoms with van der Waals surface area (Å²) in [5, 5.41) is 11.0. The lowest BCUT2D eigenvalue weighted by Crippen LogP contribution is -2.28. The van der Waals surface area contributed by atoms with Crippen molar-refractivity contribution in [3.05, 3.63) is 39.4 Å². The molecule has 1 unspecified atom stereocenters. The Labute approximate surface area is 148 Å². The predicted octanol–water partition coefficient (Wildman–Crippen LogP) is 4.14. The second-order valence-electron chi connectivity index (χ2n) is 5.87. The minimum Gasteiger partial charge on any atom is -0.441 e. The van der Waals surface area contributed by atoms with Gasteiger partial charge in [-0.2, -0.15) is 0 Å². The van der Waals surface area contributed by atoms with Crippen LogP contribution in [0, 0.1) is 5.41 Å². The number of anilines is 1. The lowest BCUT2D eigenvalue weighted by atomic mass is 10.1. The Bertz CT molecular complexity index is 789. The Morgan fingerprint density at radius 3 is 2.88 bits per heavy atom. The summed E-state index contributed by atoms with van der Waals surface area (Å²) in [5.41, 5.74) is 0. The Morgan fingerprint density at radius 2 is 2.12 bits per heavy atom. The number of carbonyl (C=O) groups excluding carboxylic acids is 1. The van der Waals surface area contributed by atoms with Gasteiger partial charge in [0, 0.05) is 30.7 Å². The number of Topliss-reactive ketones (excluding diaryl/α,β-unsaturated/α-hetero) is 1. The largest absolute Gasteiger partial charge is 0.441 e. The number of thiazole rings is 1. The van der Waals surface area contributed by atoms with Crippen molar-refractivity contribution in [2.24, 2.45) is 0 Å². The summed E-state index contributed by atoms with van der Waals surface area (Å²) in [6, 6.07) is 3.86. The first-order chi connectivity index (χ1) is 11.7. The topological polar surface area (TPSA) is 70.2 Å². The van der Waals surface area contributed by atoms with E-state index in [9.17, 15) is 4.79 Å². The molecule has 2 aliphatic heterocycles. The fourth-order valence-electron chi connectivity index (χ4n) is 3.02. The number of rotatable bonds is 3. The van der Waals surface area contributed by atoms with Gasteiger partial charge in [0.15, 0.2) is 11.7 Å². The lowest BCUT2D eigenvalue weighted by molar-refractivity contribution is -0.114. The third kappa shape index (κ3) is 2.93. The van der Waals surface area contributed by atoms with E-state index in [0.29, 0.717) is 20.7 Å². The third-order valence-electron chi connectivity index (χ3n) is 4.24. The molecule has 0 spiro atoms. The highest BCUT2D eigenvalue weighted by Gasteiger charge is 2.38. The van der Waals surface area contributed by atoms with E-state index in [-0.39, 0.29) is 5.78 Å². The zero-order valence-electron chi connectivity index (χ0n) is 13.0. The number of nitrogens with zero attached hydrogens (tertiary/aromatic N) is 2. The second-order valence-corrected chi connectivity index (χ2v) is 7.88. The maximum atomic E-state index is 12.6. The molecular weight excluding hydrogens is 342 g/mol. The van der Waals surface area contributed by atoms with Crippen molar-refractivity contribution in [1.82, 2.24) is 4.98 Å². The first kappa shape index (κ1) is 15.7. The molecule has 4 heterocycles. The molecule has 124 valence electrons. The van der Waals surface area contributed by atoms with Gasteiger partial charge in [0.2, 0.25) is 0 Å². The maximum Gasteiger partial charge on any atom is 0.196 e. The van der Waals surface area contributed by atoms with Gasteiger partial charge in [0.05, 0.1) is 9.95 Å². The van der Waals surface area contributed by atoms with Crippen molar-refractivity contribution in [2.75, 3.05) is 18.0 Å². The van der Waals surface area contributed by atoms with E-state index >= 15 is 0 Å². The van der Waals surface area contributed by atoms with Gasteiger partial charge in [-0.15, -0.1) is 11.3 Å². The molecule has 2 aromatic rings. The van der Waals surface area contributed by atoms with E-state index < -0.39 is 5.92 Å². The molecule has 2 fully saturated rings. The Balaban J connectivity index is 1.55. The molecule has 24 heavy (non-hydrogen) atoms. The molecule has 4 rings (SSSR count). The van der Waals surface area contributed by atoms with Gasteiger partial charge in [-0.05, 0) is 31.4 Å². The molecular formula is C17H17N3O2S2. The maximum absolute atomic E-state index is 12.6. The number of hydrogen-bond donors (Lipinski definition) is 1. The first-order valence-electron chi connectivity index (χ1n) is 7.99. The molecule has 2 saturated heterocycles. The average Bonchev–Trinajstić information content (AvgIpc) is 3.31. The normalized spacial score (nSPS) is 23.4. The van der Waals surface area contributed by atoms with Crippen molar-refractivity contribution in [1.29, 1.82) is 5.41 Å². The summed E-state index contributed by atoms with van der Waals surface area (Å²) in [6.07, 6.45) is 7.09. The van der Waals surface area contributed by atoms with Crippen LogP contribution < -0.4 is 4.90 Å². The molecule has 1 atom stereocenters. The van der Waals surface area contributed by atoms with Crippen LogP contribution in [0.15, 0.2) is 33.0 Å². The average molecular weight is 359 g/mol. The van der Waals surface area contributed by atoms with Crippen molar-refractivity contribution in [2.45, 2.75) is 25.2 Å². The Morgan fingerprint density at radius 1 is 1.29 bits per heavy atom. The van der Waals surface area contributed by atoms with Crippen molar-refractivity contribution >= 4 is 45.9 Å². The number of ketones is 1. The highest BCUT2D eigenvalue weighted by Crippen LogP contribution is 2.41. The summed E-state index contributed by atoms with van der Waals surface area (Å²) in [5.74, 6) is 0.927. The Hall–Kier alpha value is -1.86. The molecule has 0 aliphatic carbocycles. The van der Waals surface area contributed by atoms with Crippen LogP contribution in [0.3, 0.4) is 0 Å². The summed E-state index contributed by atoms with van der Waals surface area (Å²) < 4.78 is 5.90. The van der Waals surface area contributed by atoms with E-state index in [4.69, 9.17) is 9.83 Å². The number of allylic oxidation sites excluding steroid dienone is 1. The van der Waals surface area contributed by atoms with E-state index in [1.807, 2.05) is 17.5 Å². The van der Waals surface area contributed by atoms with Gasteiger partial charge in [-0.25, -0.2) is 4.98 Å². The number of carbonyl (C=O) groups is 1. The van der Waals surface area contributed by atoms with Crippen molar-refractivity contribution in [3.8, 4) is 0 Å². The highest BCUT2D eigenvalue weighted by atomic mass is 32.2. The number of furan rings is 1. The summed E-state index contributed by atoms with van der Waals surface area (Å²) in [6.45, 7) is 2.04. The second kappa shape index (κ2) is 6.57. The van der Waals surface area contributed by atoms with Crippen LogP contribution >= 0.6 is 23.1 Å². The molecule has 0 amide bonds. The number of thioether (sulfide) groups is 1. The fourth-order valence-corrected chi connectivity index (χ4v) is 4.81. The van der Waals surface area contributed by atoms with Crippen LogP contribution in [-0.4, -0.2) is 28.9 Å². The molecule has 5 nitrogen and oxygen atoms in total. The van der Waals surface area contributed by atoms with E-state index in [0.717, 1.165) is 19.0 Å². The first-order valence-corrected chi connectivity index (χ1v) is 9.68. The van der Waals surface area contributed by atoms with Gasteiger partial charge in [-0.3, -0.25) is 10.2 Å². The van der Waals surface area contributed by atoms with E-state index in [2.05, 4.69) is 9.88 Å². The number of hydrogen-bond acceptors (Lipinski definition) is 7. The minimum absolute atomic E-state index is 0.0594. The lowest BCUT2D eigenvalue weighted by Gasteiger charge is -2.25. The van der Waals surface area contributed by atoms with Crippen LogP contribution in [0.5, 0.6) is 0 Å². The zero-order chi connectivity index (χ0) is 16.5. The minimum atomic E-state index is -0.544. The Kier molecular flexibility index (Phi) is 4.28. The zero-order valence-corrected chi connectivity index (χ0v) is 14.7. The van der Waals surface area contributed by atoms with Crippen molar-refractivity contribution < 1.29 is 9.21 Å². The number of aromatic nitrogens is 1. The molecule has 0 aromatic carbocycles. The smallest absolute Gasteiger partial charge is 0.196 e. The number of piperidine rings is 1. The van der Waals surface area contributed by atoms with Crippen LogP contribution in [0.2, 0.25) is 0 Å².